The number of aldehydes is 1. The highest BCUT2D eigenvalue weighted by molar-refractivity contribution is 5.84. The van der Waals surface area contributed by atoms with Gasteiger partial charge in [-0.2, -0.15) is 0 Å². The van der Waals surface area contributed by atoms with Gasteiger partial charge in [-0.05, 0) is 37.8 Å². The van der Waals surface area contributed by atoms with Gasteiger partial charge in [0, 0.05) is 23.8 Å². The van der Waals surface area contributed by atoms with Crippen molar-refractivity contribution in [3.8, 4) is 0 Å². The summed E-state index contributed by atoms with van der Waals surface area (Å²) < 4.78 is 0. The zero-order valence-electron chi connectivity index (χ0n) is 10.0. The number of rotatable bonds is 2. The van der Waals surface area contributed by atoms with E-state index in [2.05, 4.69) is 24.8 Å². The molecule has 2 atom stereocenters. The zero-order chi connectivity index (χ0) is 11.5. The number of anilines is 1. The Kier molecular flexibility index (Phi) is 3.28. The molecule has 0 bridgehead atoms. The molecule has 1 heterocycles. The summed E-state index contributed by atoms with van der Waals surface area (Å²) in [7, 11) is 0. The number of carbonyl (C=O) groups excluding carboxylic acids is 1. The van der Waals surface area contributed by atoms with Crippen molar-refractivity contribution in [3.63, 3.8) is 0 Å². The molecule has 1 saturated heterocycles. The predicted octanol–water partition coefficient (Wildman–Crippen LogP) is 3.12. The Labute approximate surface area is 97.3 Å². The first-order valence-electron chi connectivity index (χ1n) is 6.03. The fourth-order valence-corrected chi connectivity index (χ4v) is 2.47. The van der Waals surface area contributed by atoms with Crippen LogP contribution in [0.4, 0.5) is 5.69 Å². The van der Waals surface area contributed by atoms with Gasteiger partial charge in [-0.15, -0.1) is 0 Å². The first kappa shape index (κ1) is 11.2. The molecule has 1 aromatic carbocycles. The predicted molar refractivity (Wildman–Crippen MR) is 67.0 cm³/mol. The van der Waals surface area contributed by atoms with Crippen LogP contribution in [-0.2, 0) is 0 Å². The molecule has 1 aromatic rings. The maximum atomic E-state index is 11.0. The molecule has 16 heavy (non-hydrogen) atoms. The van der Waals surface area contributed by atoms with Crippen molar-refractivity contribution < 1.29 is 4.79 Å². The van der Waals surface area contributed by atoms with Crippen molar-refractivity contribution in [2.45, 2.75) is 32.7 Å². The molecular formula is C14H19NO. The number of para-hydroxylation sites is 1. The van der Waals surface area contributed by atoms with Gasteiger partial charge in [0.25, 0.3) is 0 Å². The molecule has 0 radical (unpaired) electrons. The van der Waals surface area contributed by atoms with Gasteiger partial charge in [-0.3, -0.25) is 4.79 Å². The largest absolute Gasteiger partial charge is 0.368 e. The van der Waals surface area contributed by atoms with Crippen LogP contribution in [0, 0.1) is 5.92 Å². The van der Waals surface area contributed by atoms with E-state index in [1.807, 2.05) is 18.2 Å². The van der Waals surface area contributed by atoms with Gasteiger partial charge in [0.1, 0.15) is 0 Å². The summed E-state index contributed by atoms with van der Waals surface area (Å²) in [6.45, 7) is 5.59. The monoisotopic (exact) mass is 217 g/mol. The molecule has 0 aliphatic carbocycles. The van der Waals surface area contributed by atoms with E-state index in [4.69, 9.17) is 0 Å². The summed E-state index contributed by atoms with van der Waals surface area (Å²) in [6, 6.07) is 8.42. The molecule has 2 unspecified atom stereocenters. The van der Waals surface area contributed by atoms with E-state index in [-0.39, 0.29) is 0 Å². The average molecular weight is 217 g/mol. The number of piperidine rings is 1. The number of hydrogen-bond donors (Lipinski definition) is 0. The van der Waals surface area contributed by atoms with Crippen molar-refractivity contribution in [2.75, 3.05) is 11.4 Å². The fourth-order valence-electron chi connectivity index (χ4n) is 2.47. The van der Waals surface area contributed by atoms with Crippen molar-refractivity contribution in [2.24, 2.45) is 5.92 Å². The summed E-state index contributed by atoms with van der Waals surface area (Å²) in [4.78, 5) is 13.4. The molecule has 0 N–H and O–H groups in total. The molecular weight excluding hydrogens is 198 g/mol. The van der Waals surface area contributed by atoms with E-state index in [1.54, 1.807) is 0 Å². The lowest BCUT2D eigenvalue weighted by molar-refractivity contribution is 0.112. The topological polar surface area (TPSA) is 20.3 Å². The Morgan fingerprint density at radius 1 is 1.25 bits per heavy atom. The molecule has 0 amide bonds. The third-order valence-corrected chi connectivity index (χ3v) is 3.49. The molecule has 2 nitrogen and oxygen atoms in total. The summed E-state index contributed by atoms with van der Waals surface area (Å²) >= 11 is 0. The van der Waals surface area contributed by atoms with Gasteiger partial charge in [0.05, 0.1) is 0 Å². The molecule has 86 valence electrons. The summed E-state index contributed by atoms with van der Waals surface area (Å²) in [5.74, 6) is 0.718. The summed E-state index contributed by atoms with van der Waals surface area (Å²) in [5.41, 5.74) is 1.90. The smallest absolute Gasteiger partial charge is 0.152 e. The van der Waals surface area contributed by atoms with Crippen molar-refractivity contribution in [3.05, 3.63) is 29.8 Å². The number of carbonyl (C=O) groups is 1. The van der Waals surface area contributed by atoms with E-state index in [0.717, 1.165) is 30.0 Å². The standard InChI is InChI=1S/C14H19NO/c1-11-7-8-12(2)15(9-11)14-6-4-3-5-13(14)10-16/h3-6,10-12H,7-9H2,1-2H3. The Hall–Kier alpha value is -1.31. The third-order valence-electron chi connectivity index (χ3n) is 3.49. The maximum Gasteiger partial charge on any atom is 0.152 e. The van der Waals surface area contributed by atoms with E-state index >= 15 is 0 Å². The van der Waals surface area contributed by atoms with Crippen LogP contribution in [-0.4, -0.2) is 18.9 Å². The SMILES string of the molecule is CC1CCC(C)N(c2ccccc2C=O)C1. The average Bonchev–Trinajstić information content (AvgIpc) is 2.32. The van der Waals surface area contributed by atoms with Gasteiger partial charge in [-0.1, -0.05) is 19.1 Å². The lowest BCUT2D eigenvalue weighted by Gasteiger charge is -2.39. The number of hydrogen-bond acceptors (Lipinski definition) is 2. The highest BCUT2D eigenvalue weighted by atomic mass is 16.1. The van der Waals surface area contributed by atoms with Crippen LogP contribution >= 0.6 is 0 Å². The Balaban J connectivity index is 2.30. The second-order valence-corrected chi connectivity index (χ2v) is 4.86. The first-order valence-corrected chi connectivity index (χ1v) is 6.03. The summed E-state index contributed by atoms with van der Waals surface area (Å²) in [5, 5.41) is 0. The molecule has 0 aromatic heterocycles. The van der Waals surface area contributed by atoms with Crippen LogP contribution in [0.15, 0.2) is 24.3 Å². The van der Waals surface area contributed by atoms with Gasteiger partial charge in [0.15, 0.2) is 6.29 Å². The minimum Gasteiger partial charge on any atom is -0.368 e. The van der Waals surface area contributed by atoms with Gasteiger partial charge in [-0.25, -0.2) is 0 Å². The Morgan fingerprint density at radius 3 is 2.75 bits per heavy atom. The molecule has 1 aliphatic rings. The van der Waals surface area contributed by atoms with Crippen LogP contribution < -0.4 is 4.90 Å². The van der Waals surface area contributed by atoms with Crippen molar-refractivity contribution >= 4 is 12.0 Å². The molecule has 0 saturated carbocycles. The lowest BCUT2D eigenvalue weighted by atomic mass is 9.94. The van der Waals surface area contributed by atoms with Crippen LogP contribution in [0.5, 0.6) is 0 Å². The second kappa shape index (κ2) is 4.69. The number of nitrogens with zero attached hydrogens (tertiary/aromatic N) is 1. The van der Waals surface area contributed by atoms with E-state index in [9.17, 15) is 4.79 Å². The van der Waals surface area contributed by atoms with Crippen LogP contribution in [0.25, 0.3) is 0 Å². The van der Waals surface area contributed by atoms with E-state index in [1.165, 1.54) is 12.8 Å². The molecule has 1 aliphatic heterocycles. The normalized spacial score (nSPS) is 25.5. The maximum absolute atomic E-state index is 11.0. The third kappa shape index (κ3) is 2.11. The minimum atomic E-state index is 0.539. The highest BCUT2D eigenvalue weighted by Crippen LogP contribution is 2.29. The van der Waals surface area contributed by atoms with Crippen molar-refractivity contribution in [1.82, 2.24) is 0 Å². The van der Waals surface area contributed by atoms with Gasteiger partial charge in [0.2, 0.25) is 0 Å². The van der Waals surface area contributed by atoms with Gasteiger partial charge >= 0.3 is 0 Å². The van der Waals surface area contributed by atoms with Gasteiger partial charge < -0.3 is 4.90 Å². The molecule has 2 rings (SSSR count). The zero-order valence-corrected chi connectivity index (χ0v) is 10.0. The fraction of sp³-hybridized carbons (Fsp3) is 0.500. The van der Waals surface area contributed by atoms with Crippen LogP contribution in [0.2, 0.25) is 0 Å². The quantitative estimate of drug-likeness (QED) is 0.709. The summed E-state index contributed by atoms with van der Waals surface area (Å²) in [6.07, 6.45) is 3.47. The molecule has 2 heteroatoms. The van der Waals surface area contributed by atoms with E-state index < -0.39 is 0 Å². The van der Waals surface area contributed by atoms with Crippen LogP contribution in [0.3, 0.4) is 0 Å². The minimum absolute atomic E-state index is 0.539. The second-order valence-electron chi connectivity index (χ2n) is 4.86. The highest BCUT2D eigenvalue weighted by Gasteiger charge is 2.24. The van der Waals surface area contributed by atoms with Crippen molar-refractivity contribution in [1.29, 1.82) is 0 Å². The lowest BCUT2D eigenvalue weighted by Crippen LogP contribution is -2.41. The van der Waals surface area contributed by atoms with E-state index in [0.29, 0.717) is 6.04 Å². The number of benzene rings is 1. The Morgan fingerprint density at radius 2 is 2.00 bits per heavy atom. The first-order chi connectivity index (χ1) is 7.72. The Bertz CT molecular complexity index is 375. The van der Waals surface area contributed by atoms with Crippen LogP contribution in [0.1, 0.15) is 37.0 Å². The molecule has 1 fully saturated rings. The molecule has 0 spiro atoms.